The van der Waals surface area contributed by atoms with E-state index in [0.717, 1.165) is 12.5 Å². The molecule has 1 heteroatoms. The Morgan fingerprint density at radius 3 is 2.81 bits per heavy atom. The zero-order chi connectivity index (χ0) is 11.2. The Kier molecular flexibility index (Phi) is 4.72. The maximum absolute atomic E-state index is 3.54. The van der Waals surface area contributed by atoms with Crippen molar-refractivity contribution in [1.82, 2.24) is 4.90 Å². The van der Waals surface area contributed by atoms with Gasteiger partial charge in [0.15, 0.2) is 0 Å². The fourth-order valence-electron chi connectivity index (χ4n) is 3.07. The van der Waals surface area contributed by atoms with Gasteiger partial charge >= 0.3 is 0 Å². The van der Waals surface area contributed by atoms with Crippen LogP contribution in [-0.4, -0.2) is 23.5 Å². The predicted molar refractivity (Wildman–Crippen MR) is 69.3 cm³/mol. The molecular formula is C15H25N. The Labute approximate surface area is 101 Å². The molecule has 2 aliphatic heterocycles. The molecule has 0 aromatic rings. The fourth-order valence-corrected chi connectivity index (χ4v) is 3.07. The molecule has 1 nitrogen and oxygen atoms in total. The van der Waals surface area contributed by atoms with Crippen LogP contribution < -0.4 is 0 Å². The van der Waals surface area contributed by atoms with Crippen molar-refractivity contribution in [1.29, 1.82) is 0 Å². The quantitative estimate of drug-likeness (QED) is 0.507. The Morgan fingerprint density at radius 1 is 1.12 bits per heavy atom. The average molecular weight is 219 g/mol. The van der Waals surface area contributed by atoms with Gasteiger partial charge in [-0.25, -0.2) is 0 Å². The highest BCUT2D eigenvalue weighted by molar-refractivity contribution is 5.10. The summed E-state index contributed by atoms with van der Waals surface area (Å²) in [7, 11) is 0. The summed E-state index contributed by atoms with van der Waals surface area (Å²) in [6.07, 6.45) is 12.0. The first-order valence-electron chi connectivity index (χ1n) is 7.16. The Bertz CT molecular complexity index is 260. The molecule has 0 aromatic carbocycles. The van der Waals surface area contributed by atoms with Gasteiger partial charge in [0.25, 0.3) is 0 Å². The van der Waals surface area contributed by atoms with Crippen LogP contribution in [0.2, 0.25) is 0 Å². The Morgan fingerprint density at radius 2 is 1.94 bits per heavy atom. The van der Waals surface area contributed by atoms with Crippen LogP contribution in [0.25, 0.3) is 0 Å². The highest BCUT2D eigenvalue weighted by Crippen LogP contribution is 2.29. The van der Waals surface area contributed by atoms with E-state index in [1.807, 2.05) is 0 Å². The van der Waals surface area contributed by atoms with E-state index in [1.165, 1.54) is 57.9 Å². The lowest BCUT2D eigenvalue weighted by molar-refractivity contribution is 0.219. The molecule has 0 aromatic heterocycles. The molecule has 2 atom stereocenters. The lowest BCUT2D eigenvalue weighted by Gasteiger charge is -2.26. The molecule has 0 unspecified atom stereocenters. The van der Waals surface area contributed by atoms with Gasteiger partial charge in [0, 0.05) is 12.5 Å². The summed E-state index contributed by atoms with van der Waals surface area (Å²) in [6.45, 7) is 3.54. The van der Waals surface area contributed by atoms with Gasteiger partial charge < -0.3 is 0 Å². The van der Waals surface area contributed by atoms with Crippen molar-refractivity contribution < 1.29 is 0 Å². The van der Waals surface area contributed by atoms with E-state index in [2.05, 4.69) is 23.7 Å². The molecule has 0 saturated carbocycles. The van der Waals surface area contributed by atoms with E-state index in [9.17, 15) is 0 Å². The number of rotatable bonds is 2. The van der Waals surface area contributed by atoms with Crippen LogP contribution >= 0.6 is 0 Å². The third-order valence-corrected chi connectivity index (χ3v) is 4.01. The molecule has 0 bridgehead atoms. The standard InChI is InChI=1S/C15H25N/c1-2-3-4-5-9-14-10-6-7-11-15-12-8-13-16(14)15/h14-15H,2-4,6-8,10-13H2,1H3/t14-,15-/m0/s1. The third-order valence-electron chi connectivity index (χ3n) is 4.01. The molecule has 0 amide bonds. The van der Waals surface area contributed by atoms with Gasteiger partial charge in [-0.15, -0.1) is 5.92 Å². The lowest BCUT2D eigenvalue weighted by atomic mass is 10.1. The molecule has 2 aliphatic rings. The molecule has 16 heavy (non-hydrogen) atoms. The SMILES string of the molecule is CCCCC#C[C@H]1CCCC[C@H]2CCCN21. The predicted octanol–water partition coefficient (Wildman–Crippen LogP) is 3.59. The summed E-state index contributed by atoms with van der Waals surface area (Å²) < 4.78 is 0. The number of hydrogen-bond donors (Lipinski definition) is 0. The Balaban J connectivity index is 1.91. The van der Waals surface area contributed by atoms with E-state index in [1.54, 1.807) is 0 Å². The van der Waals surface area contributed by atoms with E-state index in [4.69, 9.17) is 0 Å². The van der Waals surface area contributed by atoms with Gasteiger partial charge in [-0.05, 0) is 38.6 Å². The van der Waals surface area contributed by atoms with Crippen LogP contribution in [-0.2, 0) is 0 Å². The first kappa shape index (κ1) is 12.0. The van der Waals surface area contributed by atoms with Crippen LogP contribution in [0.5, 0.6) is 0 Å². The maximum Gasteiger partial charge on any atom is 0.0716 e. The van der Waals surface area contributed by atoms with Gasteiger partial charge in [-0.3, -0.25) is 4.90 Å². The molecule has 2 heterocycles. The molecule has 0 radical (unpaired) electrons. The van der Waals surface area contributed by atoms with Gasteiger partial charge in [-0.2, -0.15) is 0 Å². The smallest absolute Gasteiger partial charge is 0.0716 e. The summed E-state index contributed by atoms with van der Waals surface area (Å²) in [5.74, 6) is 6.95. The van der Waals surface area contributed by atoms with E-state index >= 15 is 0 Å². The van der Waals surface area contributed by atoms with Gasteiger partial charge in [-0.1, -0.05) is 32.1 Å². The van der Waals surface area contributed by atoms with Crippen molar-refractivity contribution in [3.05, 3.63) is 0 Å². The van der Waals surface area contributed by atoms with Crippen molar-refractivity contribution >= 4 is 0 Å². The van der Waals surface area contributed by atoms with E-state index in [0.29, 0.717) is 6.04 Å². The van der Waals surface area contributed by atoms with Crippen LogP contribution in [0, 0.1) is 11.8 Å². The molecule has 90 valence electrons. The lowest BCUT2D eigenvalue weighted by Crippen LogP contribution is -2.36. The van der Waals surface area contributed by atoms with Crippen molar-refractivity contribution in [3.63, 3.8) is 0 Å². The average Bonchev–Trinajstić information content (AvgIpc) is 2.68. The topological polar surface area (TPSA) is 3.24 Å². The second-order valence-corrected chi connectivity index (χ2v) is 5.26. The normalized spacial score (nSPS) is 30.3. The monoisotopic (exact) mass is 219 g/mol. The van der Waals surface area contributed by atoms with Crippen LogP contribution in [0.15, 0.2) is 0 Å². The number of nitrogens with zero attached hydrogens (tertiary/aromatic N) is 1. The largest absolute Gasteiger partial charge is 0.287 e. The molecular weight excluding hydrogens is 194 g/mol. The molecule has 2 saturated heterocycles. The van der Waals surface area contributed by atoms with Crippen LogP contribution in [0.3, 0.4) is 0 Å². The minimum Gasteiger partial charge on any atom is -0.287 e. The van der Waals surface area contributed by atoms with E-state index in [-0.39, 0.29) is 0 Å². The molecule has 0 spiro atoms. The minimum absolute atomic E-state index is 0.590. The summed E-state index contributed by atoms with van der Waals surface area (Å²) in [4.78, 5) is 2.70. The summed E-state index contributed by atoms with van der Waals surface area (Å²) in [6, 6.07) is 1.46. The highest BCUT2D eigenvalue weighted by Gasteiger charge is 2.31. The van der Waals surface area contributed by atoms with Gasteiger partial charge in [0.05, 0.1) is 6.04 Å². The van der Waals surface area contributed by atoms with Gasteiger partial charge in [0.1, 0.15) is 0 Å². The number of fused-ring (bicyclic) bond motifs is 1. The van der Waals surface area contributed by atoms with Crippen molar-refractivity contribution in [2.24, 2.45) is 0 Å². The molecule has 2 fully saturated rings. The molecule has 2 rings (SSSR count). The summed E-state index contributed by atoms with van der Waals surface area (Å²) in [5.41, 5.74) is 0. The second kappa shape index (κ2) is 6.30. The van der Waals surface area contributed by atoms with Crippen molar-refractivity contribution in [2.75, 3.05) is 6.54 Å². The van der Waals surface area contributed by atoms with Crippen molar-refractivity contribution in [3.8, 4) is 11.8 Å². The first-order chi connectivity index (χ1) is 7.92. The molecule has 0 aliphatic carbocycles. The fraction of sp³-hybridized carbons (Fsp3) is 0.867. The van der Waals surface area contributed by atoms with Crippen LogP contribution in [0.1, 0.15) is 64.7 Å². The third kappa shape index (κ3) is 3.01. The highest BCUT2D eigenvalue weighted by atomic mass is 15.2. The second-order valence-electron chi connectivity index (χ2n) is 5.26. The summed E-state index contributed by atoms with van der Waals surface area (Å²) >= 11 is 0. The first-order valence-corrected chi connectivity index (χ1v) is 7.16. The Hall–Kier alpha value is -0.480. The number of hydrogen-bond acceptors (Lipinski definition) is 1. The van der Waals surface area contributed by atoms with Crippen molar-refractivity contribution in [2.45, 2.75) is 76.8 Å². The number of unbranched alkanes of at least 4 members (excludes halogenated alkanes) is 2. The maximum atomic E-state index is 3.54. The summed E-state index contributed by atoms with van der Waals surface area (Å²) in [5, 5.41) is 0. The minimum atomic E-state index is 0.590. The zero-order valence-electron chi connectivity index (χ0n) is 10.7. The van der Waals surface area contributed by atoms with Gasteiger partial charge in [0.2, 0.25) is 0 Å². The van der Waals surface area contributed by atoms with E-state index < -0.39 is 0 Å². The molecule has 0 N–H and O–H groups in total. The van der Waals surface area contributed by atoms with Crippen LogP contribution in [0.4, 0.5) is 0 Å². The zero-order valence-corrected chi connectivity index (χ0v) is 10.7.